The molecule has 1 saturated heterocycles. The van der Waals surface area contributed by atoms with Crippen LogP contribution in [0, 0.1) is 11.6 Å². The Balaban J connectivity index is 1.87. The summed E-state index contributed by atoms with van der Waals surface area (Å²) in [5, 5.41) is 0. The molecule has 0 aliphatic carbocycles. The van der Waals surface area contributed by atoms with Crippen LogP contribution in [0.4, 0.5) is 14.5 Å². The van der Waals surface area contributed by atoms with E-state index in [1.54, 1.807) is 12.3 Å². The molecular formula is C16H17F2N3. The average Bonchev–Trinajstić information content (AvgIpc) is 2.51. The standard InChI is InChI=1S/C16H17F2N3/c1-20-6-8-21(9-7-20)13-4-5-19-16(11-13)12-2-3-14(17)15(18)10-12/h2-5,10-11H,6-9H2,1H3. The lowest BCUT2D eigenvalue weighted by Crippen LogP contribution is -2.44. The first-order valence-corrected chi connectivity index (χ1v) is 6.98. The Labute approximate surface area is 122 Å². The second kappa shape index (κ2) is 5.77. The Bertz CT molecular complexity index is 637. The van der Waals surface area contributed by atoms with Gasteiger partial charge in [-0.2, -0.15) is 0 Å². The molecule has 0 radical (unpaired) electrons. The lowest BCUT2D eigenvalue weighted by atomic mass is 10.1. The van der Waals surface area contributed by atoms with Crippen molar-refractivity contribution in [3.8, 4) is 11.3 Å². The molecule has 0 saturated carbocycles. The highest BCUT2D eigenvalue weighted by molar-refractivity contribution is 5.64. The smallest absolute Gasteiger partial charge is 0.159 e. The second-order valence-electron chi connectivity index (χ2n) is 5.32. The van der Waals surface area contributed by atoms with Gasteiger partial charge in [-0.15, -0.1) is 0 Å². The maximum Gasteiger partial charge on any atom is 0.159 e. The fourth-order valence-corrected chi connectivity index (χ4v) is 2.49. The molecule has 0 atom stereocenters. The van der Waals surface area contributed by atoms with Crippen LogP contribution in [0.3, 0.4) is 0 Å². The Hall–Kier alpha value is -2.01. The maximum atomic E-state index is 13.3. The number of halogens is 2. The summed E-state index contributed by atoms with van der Waals surface area (Å²) in [6.07, 6.45) is 1.71. The van der Waals surface area contributed by atoms with Crippen LogP contribution in [-0.4, -0.2) is 43.1 Å². The molecule has 0 amide bonds. The highest BCUT2D eigenvalue weighted by Gasteiger charge is 2.15. The number of aromatic nitrogens is 1. The Morgan fingerprint density at radius 2 is 1.71 bits per heavy atom. The van der Waals surface area contributed by atoms with Gasteiger partial charge in [-0.25, -0.2) is 8.78 Å². The van der Waals surface area contributed by atoms with Crippen LogP contribution in [0.1, 0.15) is 0 Å². The number of hydrogen-bond acceptors (Lipinski definition) is 3. The molecular weight excluding hydrogens is 272 g/mol. The maximum absolute atomic E-state index is 13.3. The van der Waals surface area contributed by atoms with E-state index in [1.165, 1.54) is 6.07 Å². The van der Waals surface area contributed by atoms with E-state index in [9.17, 15) is 8.78 Å². The van der Waals surface area contributed by atoms with E-state index in [4.69, 9.17) is 0 Å². The summed E-state index contributed by atoms with van der Waals surface area (Å²) in [7, 11) is 2.11. The lowest BCUT2D eigenvalue weighted by Gasteiger charge is -2.34. The van der Waals surface area contributed by atoms with E-state index >= 15 is 0 Å². The number of pyridine rings is 1. The van der Waals surface area contributed by atoms with Gasteiger partial charge in [0.05, 0.1) is 5.69 Å². The van der Waals surface area contributed by atoms with Gasteiger partial charge in [0.15, 0.2) is 11.6 Å². The van der Waals surface area contributed by atoms with Crippen LogP contribution >= 0.6 is 0 Å². The third kappa shape index (κ3) is 3.03. The zero-order valence-electron chi connectivity index (χ0n) is 11.9. The minimum atomic E-state index is -0.848. The Morgan fingerprint density at radius 3 is 2.43 bits per heavy atom. The first-order chi connectivity index (χ1) is 10.1. The van der Waals surface area contributed by atoms with E-state index in [0.29, 0.717) is 11.3 Å². The zero-order chi connectivity index (χ0) is 14.8. The summed E-state index contributed by atoms with van der Waals surface area (Å²) in [5.41, 5.74) is 2.31. The summed E-state index contributed by atoms with van der Waals surface area (Å²) in [6, 6.07) is 7.75. The minimum absolute atomic E-state index is 0.588. The summed E-state index contributed by atoms with van der Waals surface area (Å²) in [4.78, 5) is 8.83. The molecule has 0 spiro atoms. The number of rotatable bonds is 2. The van der Waals surface area contributed by atoms with Gasteiger partial charge < -0.3 is 9.80 Å². The van der Waals surface area contributed by atoms with Crippen LogP contribution in [-0.2, 0) is 0 Å². The molecule has 0 bridgehead atoms. The van der Waals surface area contributed by atoms with Gasteiger partial charge in [-0.3, -0.25) is 4.98 Å². The summed E-state index contributed by atoms with van der Waals surface area (Å²) < 4.78 is 26.4. The molecule has 1 aromatic carbocycles. The normalized spacial score (nSPS) is 16.2. The number of nitrogens with zero attached hydrogens (tertiary/aromatic N) is 3. The van der Waals surface area contributed by atoms with Crippen molar-refractivity contribution in [2.24, 2.45) is 0 Å². The molecule has 1 aromatic heterocycles. The fourth-order valence-electron chi connectivity index (χ4n) is 2.49. The van der Waals surface area contributed by atoms with Gasteiger partial charge in [-0.1, -0.05) is 0 Å². The second-order valence-corrected chi connectivity index (χ2v) is 5.32. The van der Waals surface area contributed by atoms with E-state index in [0.717, 1.165) is 37.9 Å². The first kappa shape index (κ1) is 13.9. The van der Waals surface area contributed by atoms with Gasteiger partial charge in [0.25, 0.3) is 0 Å². The summed E-state index contributed by atoms with van der Waals surface area (Å²) >= 11 is 0. The fraction of sp³-hybridized carbons (Fsp3) is 0.312. The van der Waals surface area contributed by atoms with Gasteiger partial charge >= 0.3 is 0 Å². The van der Waals surface area contributed by atoms with Gasteiger partial charge in [0.2, 0.25) is 0 Å². The number of anilines is 1. The number of hydrogen-bond donors (Lipinski definition) is 0. The molecule has 3 rings (SSSR count). The SMILES string of the molecule is CN1CCN(c2ccnc(-c3ccc(F)c(F)c3)c2)CC1. The van der Waals surface area contributed by atoms with Crippen molar-refractivity contribution in [1.82, 2.24) is 9.88 Å². The molecule has 21 heavy (non-hydrogen) atoms. The average molecular weight is 289 g/mol. The largest absolute Gasteiger partial charge is 0.369 e. The van der Waals surface area contributed by atoms with E-state index in [1.807, 2.05) is 12.1 Å². The number of benzene rings is 1. The van der Waals surface area contributed by atoms with Gasteiger partial charge in [0.1, 0.15) is 0 Å². The predicted octanol–water partition coefficient (Wildman–Crippen LogP) is 2.78. The van der Waals surface area contributed by atoms with Crippen LogP contribution in [0.5, 0.6) is 0 Å². The third-order valence-corrected chi connectivity index (χ3v) is 3.83. The molecule has 0 N–H and O–H groups in total. The molecule has 1 aliphatic rings. The van der Waals surface area contributed by atoms with Crippen LogP contribution in [0.25, 0.3) is 11.3 Å². The zero-order valence-corrected chi connectivity index (χ0v) is 11.9. The molecule has 3 nitrogen and oxygen atoms in total. The van der Waals surface area contributed by atoms with Crippen molar-refractivity contribution >= 4 is 5.69 Å². The lowest BCUT2D eigenvalue weighted by molar-refractivity contribution is 0.313. The van der Waals surface area contributed by atoms with Crippen molar-refractivity contribution in [2.45, 2.75) is 0 Å². The van der Waals surface area contributed by atoms with E-state index in [-0.39, 0.29) is 0 Å². The van der Waals surface area contributed by atoms with Gasteiger partial charge in [0, 0.05) is 43.6 Å². The first-order valence-electron chi connectivity index (χ1n) is 6.98. The quantitative estimate of drug-likeness (QED) is 0.847. The van der Waals surface area contributed by atoms with E-state index < -0.39 is 11.6 Å². The molecule has 2 heterocycles. The van der Waals surface area contributed by atoms with Crippen molar-refractivity contribution < 1.29 is 8.78 Å². The molecule has 2 aromatic rings. The van der Waals surface area contributed by atoms with Crippen molar-refractivity contribution in [3.63, 3.8) is 0 Å². The summed E-state index contributed by atoms with van der Waals surface area (Å²) in [5.74, 6) is -1.69. The molecule has 110 valence electrons. The predicted molar refractivity (Wildman–Crippen MR) is 79.3 cm³/mol. The van der Waals surface area contributed by atoms with E-state index in [2.05, 4.69) is 21.8 Å². The molecule has 1 fully saturated rings. The van der Waals surface area contributed by atoms with Crippen LogP contribution < -0.4 is 4.90 Å². The third-order valence-electron chi connectivity index (χ3n) is 3.83. The minimum Gasteiger partial charge on any atom is -0.369 e. The number of piperazine rings is 1. The van der Waals surface area contributed by atoms with Gasteiger partial charge in [-0.05, 0) is 37.4 Å². The summed E-state index contributed by atoms with van der Waals surface area (Å²) in [6.45, 7) is 3.95. The monoisotopic (exact) mass is 289 g/mol. The van der Waals surface area contributed by atoms with Crippen LogP contribution in [0.2, 0.25) is 0 Å². The Morgan fingerprint density at radius 1 is 0.952 bits per heavy atom. The highest BCUT2D eigenvalue weighted by atomic mass is 19.2. The molecule has 1 aliphatic heterocycles. The van der Waals surface area contributed by atoms with Crippen molar-refractivity contribution in [2.75, 3.05) is 38.1 Å². The molecule has 0 unspecified atom stereocenters. The van der Waals surface area contributed by atoms with Crippen molar-refractivity contribution in [3.05, 3.63) is 48.2 Å². The highest BCUT2D eigenvalue weighted by Crippen LogP contribution is 2.24. The number of likely N-dealkylation sites (N-methyl/N-ethyl adjacent to an activating group) is 1. The van der Waals surface area contributed by atoms with Crippen molar-refractivity contribution in [1.29, 1.82) is 0 Å². The van der Waals surface area contributed by atoms with Crippen LogP contribution in [0.15, 0.2) is 36.5 Å². The Kier molecular flexibility index (Phi) is 3.84. The topological polar surface area (TPSA) is 19.4 Å². The molecule has 5 heteroatoms.